The van der Waals surface area contributed by atoms with Crippen LogP contribution < -0.4 is 15.4 Å². The van der Waals surface area contributed by atoms with Gasteiger partial charge in [0.2, 0.25) is 0 Å². The van der Waals surface area contributed by atoms with E-state index in [0.29, 0.717) is 35.5 Å². The van der Waals surface area contributed by atoms with Crippen molar-refractivity contribution in [2.24, 2.45) is 0 Å². The minimum atomic E-state index is -0.713. The zero-order valence-corrected chi connectivity index (χ0v) is 16.9. The van der Waals surface area contributed by atoms with Crippen LogP contribution in [0.4, 0.5) is 5.69 Å². The lowest BCUT2D eigenvalue weighted by Crippen LogP contribution is -2.24. The van der Waals surface area contributed by atoms with E-state index in [1.165, 1.54) is 6.07 Å². The fourth-order valence-electron chi connectivity index (χ4n) is 2.47. The molecule has 0 unspecified atom stereocenters. The fraction of sp³-hybridized carbons (Fsp3) is 0.273. The molecule has 0 saturated heterocycles. The minimum Gasteiger partial charge on any atom is -0.482 e. The van der Waals surface area contributed by atoms with E-state index in [9.17, 15) is 19.2 Å². The molecule has 0 aliphatic rings. The van der Waals surface area contributed by atoms with Crippen LogP contribution in [0.3, 0.4) is 0 Å². The molecule has 0 aliphatic carbocycles. The van der Waals surface area contributed by atoms with E-state index >= 15 is 0 Å². The third-order valence-electron chi connectivity index (χ3n) is 3.96. The Kier molecular flexibility index (Phi) is 8.56. The second kappa shape index (κ2) is 11.4. The number of amides is 2. The van der Waals surface area contributed by atoms with Crippen molar-refractivity contribution in [3.63, 3.8) is 0 Å². The fourth-order valence-corrected chi connectivity index (χ4v) is 2.47. The van der Waals surface area contributed by atoms with Gasteiger partial charge in [0.15, 0.2) is 19.0 Å². The molecule has 2 aromatic carbocycles. The minimum absolute atomic E-state index is 0.0171. The van der Waals surface area contributed by atoms with Gasteiger partial charge in [-0.3, -0.25) is 14.4 Å². The van der Waals surface area contributed by atoms with Gasteiger partial charge in [-0.2, -0.15) is 0 Å². The standard InChI is InChI=1S/C22H24N2O6/c1-3-19(25)15-8-10-18(11-9-15)29-14-21(27)30-13-20(26)24-17-7-5-6-16(12-17)22(28)23-4-2/h5-12H,3-4,13-14H2,1-2H3,(H,23,28)(H,24,26). The Labute approximate surface area is 174 Å². The number of anilines is 1. The van der Waals surface area contributed by atoms with Gasteiger partial charge in [-0.1, -0.05) is 13.0 Å². The maximum atomic E-state index is 12.0. The van der Waals surface area contributed by atoms with Crippen molar-refractivity contribution < 1.29 is 28.7 Å². The van der Waals surface area contributed by atoms with Crippen LogP contribution in [0.2, 0.25) is 0 Å². The number of nitrogens with one attached hydrogen (secondary N) is 2. The zero-order chi connectivity index (χ0) is 21.9. The Morgan fingerprint density at radius 3 is 2.30 bits per heavy atom. The van der Waals surface area contributed by atoms with Crippen LogP contribution >= 0.6 is 0 Å². The normalized spacial score (nSPS) is 10.1. The van der Waals surface area contributed by atoms with E-state index in [-0.39, 0.29) is 18.3 Å². The van der Waals surface area contributed by atoms with Crippen LogP contribution in [0.15, 0.2) is 48.5 Å². The highest BCUT2D eigenvalue weighted by Crippen LogP contribution is 2.14. The Hall–Kier alpha value is -3.68. The van der Waals surface area contributed by atoms with E-state index in [1.807, 2.05) is 6.92 Å². The number of esters is 1. The topological polar surface area (TPSA) is 111 Å². The van der Waals surface area contributed by atoms with Crippen LogP contribution in [0.5, 0.6) is 5.75 Å². The summed E-state index contributed by atoms with van der Waals surface area (Å²) in [6.45, 7) is 3.22. The van der Waals surface area contributed by atoms with Gasteiger partial charge in [0.1, 0.15) is 5.75 Å². The lowest BCUT2D eigenvalue weighted by Gasteiger charge is -2.09. The van der Waals surface area contributed by atoms with Gasteiger partial charge in [-0.15, -0.1) is 0 Å². The zero-order valence-electron chi connectivity index (χ0n) is 16.9. The molecule has 0 aliphatic heterocycles. The summed E-state index contributed by atoms with van der Waals surface area (Å²) in [5.41, 5.74) is 1.39. The Balaban J connectivity index is 1.77. The van der Waals surface area contributed by atoms with Crippen molar-refractivity contribution in [2.75, 3.05) is 25.1 Å². The highest BCUT2D eigenvalue weighted by Gasteiger charge is 2.11. The maximum absolute atomic E-state index is 12.0. The van der Waals surface area contributed by atoms with Gasteiger partial charge < -0.3 is 20.1 Å². The molecule has 30 heavy (non-hydrogen) atoms. The molecule has 2 N–H and O–H groups in total. The van der Waals surface area contributed by atoms with Gasteiger partial charge in [0, 0.05) is 29.8 Å². The predicted molar refractivity (Wildman–Crippen MR) is 111 cm³/mol. The molecule has 8 nitrogen and oxygen atoms in total. The lowest BCUT2D eigenvalue weighted by molar-refractivity contribution is -0.149. The van der Waals surface area contributed by atoms with E-state index in [0.717, 1.165) is 0 Å². The van der Waals surface area contributed by atoms with Gasteiger partial charge >= 0.3 is 5.97 Å². The van der Waals surface area contributed by atoms with Crippen LogP contribution in [0, 0.1) is 0 Å². The Morgan fingerprint density at radius 1 is 0.900 bits per heavy atom. The third-order valence-corrected chi connectivity index (χ3v) is 3.96. The quantitative estimate of drug-likeness (QED) is 0.458. The van der Waals surface area contributed by atoms with E-state index in [4.69, 9.17) is 9.47 Å². The van der Waals surface area contributed by atoms with E-state index in [1.54, 1.807) is 49.4 Å². The van der Waals surface area contributed by atoms with Crippen molar-refractivity contribution in [3.8, 4) is 5.75 Å². The summed E-state index contributed by atoms with van der Waals surface area (Å²) in [7, 11) is 0. The van der Waals surface area contributed by atoms with E-state index < -0.39 is 18.5 Å². The SMILES string of the molecule is CCNC(=O)c1cccc(NC(=O)COC(=O)COc2ccc(C(=O)CC)cc2)c1. The summed E-state index contributed by atoms with van der Waals surface area (Å²) >= 11 is 0. The summed E-state index contributed by atoms with van der Waals surface area (Å²) in [4.78, 5) is 47.2. The number of ether oxygens (including phenoxy) is 2. The van der Waals surface area contributed by atoms with Crippen molar-refractivity contribution in [1.29, 1.82) is 0 Å². The summed E-state index contributed by atoms with van der Waals surface area (Å²) in [5.74, 6) is -1.08. The first kappa shape index (κ1) is 22.6. The summed E-state index contributed by atoms with van der Waals surface area (Å²) in [6, 6.07) is 12.8. The predicted octanol–water partition coefficient (Wildman–Crippen LogP) is 2.59. The molecular weight excluding hydrogens is 388 g/mol. The van der Waals surface area contributed by atoms with Crippen molar-refractivity contribution in [3.05, 3.63) is 59.7 Å². The first-order valence-electron chi connectivity index (χ1n) is 9.52. The Bertz CT molecular complexity index is 908. The highest BCUT2D eigenvalue weighted by molar-refractivity contribution is 5.98. The molecule has 0 bridgehead atoms. The Morgan fingerprint density at radius 2 is 1.63 bits per heavy atom. The lowest BCUT2D eigenvalue weighted by atomic mass is 10.1. The second-order valence-electron chi connectivity index (χ2n) is 6.24. The van der Waals surface area contributed by atoms with Crippen molar-refractivity contribution >= 4 is 29.3 Å². The molecule has 8 heteroatoms. The summed E-state index contributed by atoms with van der Waals surface area (Å²) in [5, 5.41) is 5.23. The molecule has 0 aromatic heterocycles. The smallest absolute Gasteiger partial charge is 0.344 e. The number of rotatable bonds is 10. The third kappa shape index (κ3) is 7.05. The molecule has 0 atom stereocenters. The summed E-state index contributed by atoms with van der Waals surface area (Å²) < 4.78 is 10.2. The van der Waals surface area contributed by atoms with Crippen molar-refractivity contribution in [1.82, 2.24) is 5.32 Å². The molecule has 0 spiro atoms. The van der Waals surface area contributed by atoms with Crippen LogP contribution in [-0.2, 0) is 14.3 Å². The van der Waals surface area contributed by atoms with Gasteiger partial charge in [-0.25, -0.2) is 4.79 Å². The molecule has 2 rings (SSSR count). The molecule has 2 aromatic rings. The highest BCUT2D eigenvalue weighted by atomic mass is 16.6. The number of carbonyl (C=O) groups excluding carboxylic acids is 4. The first-order valence-corrected chi connectivity index (χ1v) is 9.52. The van der Waals surface area contributed by atoms with Crippen LogP contribution in [0.1, 0.15) is 41.0 Å². The monoisotopic (exact) mass is 412 g/mol. The average molecular weight is 412 g/mol. The molecule has 0 heterocycles. The maximum Gasteiger partial charge on any atom is 0.344 e. The number of carbonyl (C=O) groups is 4. The number of Topliss-reactive ketones (excluding diaryl/α,β-unsaturated/α-hetero) is 1. The molecule has 158 valence electrons. The second-order valence-corrected chi connectivity index (χ2v) is 6.24. The first-order chi connectivity index (χ1) is 14.4. The van der Waals surface area contributed by atoms with E-state index in [2.05, 4.69) is 10.6 Å². The molecule has 0 fully saturated rings. The largest absolute Gasteiger partial charge is 0.482 e. The van der Waals surface area contributed by atoms with Crippen LogP contribution in [0.25, 0.3) is 0 Å². The van der Waals surface area contributed by atoms with Crippen molar-refractivity contribution in [2.45, 2.75) is 20.3 Å². The molecule has 2 amide bonds. The van der Waals surface area contributed by atoms with Gasteiger partial charge in [0.25, 0.3) is 11.8 Å². The van der Waals surface area contributed by atoms with Gasteiger partial charge in [-0.05, 0) is 49.4 Å². The van der Waals surface area contributed by atoms with Gasteiger partial charge in [0.05, 0.1) is 0 Å². The average Bonchev–Trinajstić information content (AvgIpc) is 2.76. The number of benzene rings is 2. The summed E-state index contributed by atoms with van der Waals surface area (Å²) in [6.07, 6.45) is 0.408. The number of ketones is 1. The van der Waals surface area contributed by atoms with Crippen LogP contribution in [-0.4, -0.2) is 43.3 Å². The number of hydrogen-bond donors (Lipinski definition) is 2. The number of hydrogen-bond acceptors (Lipinski definition) is 6. The molecule has 0 radical (unpaired) electrons. The molecule has 0 saturated carbocycles. The molecular formula is C22H24N2O6.